The summed E-state index contributed by atoms with van der Waals surface area (Å²) in [5.74, 6) is -1.06. The molecule has 1 aliphatic rings. The van der Waals surface area contributed by atoms with Gasteiger partial charge in [-0.1, -0.05) is 0 Å². The van der Waals surface area contributed by atoms with Crippen LogP contribution in [0.15, 0.2) is 52.4 Å². The molecule has 0 radical (unpaired) electrons. The topological polar surface area (TPSA) is 131 Å². The maximum Gasteiger partial charge on any atom is 0.338 e. The normalized spacial score (nSPS) is 16.1. The fourth-order valence-electron chi connectivity index (χ4n) is 2.40. The highest BCUT2D eigenvalue weighted by atomic mass is 32.2. The molecule has 2 aromatic rings. The Bertz CT molecular complexity index is 1050. The predicted octanol–water partition coefficient (Wildman–Crippen LogP) is 3.37. The first-order chi connectivity index (χ1) is 13.9. The van der Waals surface area contributed by atoms with Crippen molar-refractivity contribution < 1.29 is 24.4 Å². The average Bonchev–Trinajstić information content (AvgIpc) is 3.03. The second-order valence-electron chi connectivity index (χ2n) is 5.75. The Morgan fingerprint density at radius 2 is 2.03 bits per heavy atom. The number of rotatable bonds is 5. The lowest BCUT2D eigenvalue weighted by Crippen LogP contribution is -2.19. The molecule has 0 spiro atoms. The zero-order valence-corrected chi connectivity index (χ0v) is 15.9. The number of hydrogen-bond acceptors (Lipinski definition) is 8. The second kappa shape index (κ2) is 8.57. The van der Waals surface area contributed by atoms with Crippen LogP contribution in [0, 0.1) is 10.1 Å². The van der Waals surface area contributed by atoms with Crippen LogP contribution in [0.2, 0.25) is 0 Å². The van der Waals surface area contributed by atoms with Crippen molar-refractivity contribution in [2.24, 2.45) is 4.99 Å². The number of phenols is 1. The molecule has 0 bridgehead atoms. The van der Waals surface area contributed by atoms with Crippen LogP contribution >= 0.6 is 11.8 Å². The molecule has 2 aromatic carbocycles. The lowest BCUT2D eigenvalue weighted by molar-refractivity contribution is -0.384. The van der Waals surface area contributed by atoms with Crippen molar-refractivity contribution in [2.75, 3.05) is 6.61 Å². The Kier molecular flexibility index (Phi) is 5.93. The highest BCUT2D eigenvalue weighted by Crippen LogP contribution is 2.31. The van der Waals surface area contributed by atoms with Crippen molar-refractivity contribution in [1.82, 2.24) is 5.32 Å². The van der Waals surface area contributed by atoms with E-state index < -0.39 is 16.8 Å². The van der Waals surface area contributed by atoms with E-state index >= 15 is 0 Å². The Morgan fingerprint density at radius 3 is 2.69 bits per heavy atom. The molecule has 1 saturated heterocycles. The van der Waals surface area contributed by atoms with Crippen molar-refractivity contribution >= 4 is 46.3 Å². The zero-order chi connectivity index (χ0) is 21.0. The fourth-order valence-corrected chi connectivity index (χ4v) is 3.23. The first kappa shape index (κ1) is 20.1. The summed E-state index contributed by atoms with van der Waals surface area (Å²) >= 11 is 1.03. The van der Waals surface area contributed by atoms with E-state index in [1.807, 2.05) is 0 Å². The minimum atomic E-state index is -0.587. The summed E-state index contributed by atoms with van der Waals surface area (Å²) in [4.78, 5) is 38.7. The third-order valence-electron chi connectivity index (χ3n) is 3.77. The molecule has 9 nitrogen and oxygen atoms in total. The summed E-state index contributed by atoms with van der Waals surface area (Å²) in [6.45, 7) is 2.00. The number of phenolic OH excluding ortho intramolecular Hbond substituents is 1. The predicted molar refractivity (Wildman–Crippen MR) is 108 cm³/mol. The third kappa shape index (κ3) is 4.79. The summed E-state index contributed by atoms with van der Waals surface area (Å²) in [7, 11) is 0. The monoisotopic (exact) mass is 413 g/mol. The maximum atomic E-state index is 12.2. The number of benzene rings is 2. The van der Waals surface area contributed by atoms with Gasteiger partial charge in [0, 0.05) is 17.7 Å². The first-order valence-electron chi connectivity index (χ1n) is 8.41. The van der Waals surface area contributed by atoms with E-state index in [1.165, 1.54) is 24.3 Å². The molecule has 0 aliphatic carbocycles. The number of aromatic hydroxyl groups is 1. The molecule has 29 heavy (non-hydrogen) atoms. The van der Waals surface area contributed by atoms with Crippen LogP contribution in [0.1, 0.15) is 22.8 Å². The lowest BCUT2D eigenvalue weighted by atomic mass is 10.1. The molecular weight excluding hydrogens is 398 g/mol. The SMILES string of the molecule is CCOC(=O)c1ccc(N=C2NC(=O)/C(=C/c3cc([N+](=O)[O-])ccc3O)S2)cc1. The number of nitro groups is 1. The summed E-state index contributed by atoms with van der Waals surface area (Å²) in [5, 5.41) is 23.7. The number of carbonyl (C=O) groups is 2. The van der Waals surface area contributed by atoms with Crippen LogP contribution in [-0.4, -0.2) is 33.7 Å². The Hall–Kier alpha value is -3.66. The average molecular weight is 413 g/mol. The maximum absolute atomic E-state index is 12.2. The number of nitro benzene ring substituents is 1. The van der Waals surface area contributed by atoms with Gasteiger partial charge in [-0.15, -0.1) is 0 Å². The number of aliphatic imine (C=N–C) groups is 1. The quantitative estimate of drug-likeness (QED) is 0.332. The smallest absolute Gasteiger partial charge is 0.338 e. The molecule has 10 heteroatoms. The van der Waals surface area contributed by atoms with Crippen molar-refractivity contribution in [1.29, 1.82) is 0 Å². The van der Waals surface area contributed by atoms with Crippen molar-refractivity contribution in [3.63, 3.8) is 0 Å². The standard InChI is InChI=1S/C19H15N3O6S/c1-2-28-18(25)11-3-5-13(6-4-11)20-19-21-17(24)16(29-19)10-12-9-14(22(26)27)7-8-15(12)23/h3-10,23H,2H2,1H3,(H,20,21,24)/b16-10-. The molecule has 1 amide bonds. The number of nitrogens with one attached hydrogen (secondary N) is 1. The van der Waals surface area contributed by atoms with Gasteiger partial charge in [-0.3, -0.25) is 14.9 Å². The van der Waals surface area contributed by atoms with Crippen molar-refractivity contribution in [2.45, 2.75) is 6.92 Å². The van der Waals surface area contributed by atoms with E-state index in [0.29, 0.717) is 16.4 Å². The molecule has 148 valence electrons. The Labute approximate surface area is 169 Å². The number of amidine groups is 1. The summed E-state index contributed by atoms with van der Waals surface area (Å²) < 4.78 is 4.91. The molecule has 2 N–H and O–H groups in total. The number of carbonyl (C=O) groups excluding carboxylic acids is 2. The minimum absolute atomic E-state index is 0.150. The molecule has 0 aromatic heterocycles. The lowest BCUT2D eigenvalue weighted by Gasteiger charge is -2.02. The van der Waals surface area contributed by atoms with E-state index in [2.05, 4.69) is 10.3 Å². The highest BCUT2D eigenvalue weighted by molar-refractivity contribution is 8.18. The summed E-state index contributed by atoms with van der Waals surface area (Å²) in [5.41, 5.74) is 0.853. The van der Waals surface area contributed by atoms with Crippen LogP contribution in [0.3, 0.4) is 0 Å². The van der Waals surface area contributed by atoms with Crippen LogP contribution < -0.4 is 5.32 Å². The largest absolute Gasteiger partial charge is 0.507 e. The molecule has 0 unspecified atom stereocenters. The molecule has 0 saturated carbocycles. The van der Waals surface area contributed by atoms with Gasteiger partial charge in [0.1, 0.15) is 5.75 Å². The van der Waals surface area contributed by atoms with Gasteiger partial charge in [-0.25, -0.2) is 9.79 Å². The third-order valence-corrected chi connectivity index (χ3v) is 4.68. The van der Waals surface area contributed by atoms with Gasteiger partial charge in [0.15, 0.2) is 5.17 Å². The van der Waals surface area contributed by atoms with Gasteiger partial charge in [-0.2, -0.15) is 0 Å². The van der Waals surface area contributed by atoms with Gasteiger partial charge in [0.05, 0.1) is 27.7 Å². The van der Waals surface area contributed by atoms with Gasteiger partial charge in [-0.05, 0) is 55.1 Å². The number of ether oxygens (including phenoxy) is 1. The van der Waals surface area contributed by atoms with Gasteiger partial charge < -0.3 is 15.2 Å². The number of nitrogens with zero attached hydrogens (tertiary/aromatic N) is 2. The summed E-state index contributed by atoms with van der Waals surface area (Å²) in [6, 6.07) is 9.90. The van der Waals surface area contributed by atoms with E-state index in [9.17, 15) is 24.8 Å². The summed E-state index contributed by atoms with van der Waals surface area (Å²) in [6.07, 6.45) is 1.36. The van der Waals surface area contributed by atoms with Gasteiger partial charge in [0.25, 0.3) is 11.6 Å². The minimum Gasteiger partial charge on any atom is -0.507 e. The molecule has 0 atom stereocenters. The molecule has 1 fully saturated rings. The number of thioether (sulfide) groups is 1. The number of non-ortho nitro benzene ring substituents is 1. The number of esters is 1. The van der Waals surface area contributed by atoms with Crippen molar-refractivity contribution in [3.05, 3.63) is 68.6 Å². The fraction of sp³-hybridized carbons (Fsp3) is 0.105. The first-order valence-corrected chi connectivity index (χ1v) is 9.23. The Balaban J connectivity index is 1.80. The van der Waals surface area contributed by atoms with Crippen LogP contribution in [0.4, 0.5) is 11.4 Å². The van der Waals surface area contributed by atoms with Gasteiger partial charge >= 0.3 is 5.97 Å². The molecule has 1 heterocycles. The Morgan fingerprint density at radius 1 is 1.31 bits per heavy atom. The molecule has 1 aliphatic heterocycles. The molecule has 3 rings (SSSR count). The number of hydrogen-bond donors (Lipinski definition) is 2. The van der Waals surface area contributed by atoms with E-state index in [1.54, 1.807) is 31.2 Å². The van der Waals surface area contributed by atoms with Crippen LogP contribution in [0.5, 0.6) is 5.75 Å². The van der Waals surface area contributed by atoms with Crippen molar-refractivity contribution in [3.8, 4) is 5.75 Å². The van der Waals surface area contributed by atoms with E-state index in [-0.39, 0.29) is 28.5 Å². The highest BCUT2D eigenvalue weighted by Gasteiger charge is 2.24. The van der Waals surface area contributed by atoms with Crippen LogP contribution in [0.25, 0.3) is 6.08 Å². The zero-order valence-electron chi connectivity index (χ0n) is 15.1. The second-order valence-corrected chi connectivity index (χ2v) is 6.78. The van der Waals surface area contributed by atoms with E-state index in [4.69, 9.17) is 4.74 Å². The van der Waals surface area contributed by atoms with Crippen LogP contribution in [-0.2, 0) is 9.53 Å². The van der Waals surface area contributed by atoms with Gasteiger partial charge in [0.2, 0.25) is 0 Å². The van der Waals surface area contributed by atoms with E-state index in [0.717, 1.165) is 11.8 Å². The molecular formula is C19H15N3O6S. The number of amides is 1.